The molecule has 2 aromatic rings. The summed E-state index contributed by atoms with van der Waals surface area (Å²) in [5, 5.41) is 6.83. The monoisotopic (exact) mass is 409 g/mol. The molecule has 2 aromatic carbocycles. The number of fused-ring (bicyclic) bond motifs is 1. The normalized spacial score (nSPS) is 13.5. The minimum Gasteiger partial charge on any atom is -0.486 e. The number of hydrogen-bond donors (Lipinski definition) is 2. The molecule has 7 heteroatoms. The van der Waals surface area contributed by atoms with Gasteiger partial charge < -0.3 is 14.8 Å². The van der Waals surface area contributed by atoms with E-state index in [1.165, 1.54) is 0 Å². The van der Waals surface area contributed by atoms with E-state index in [-0.39, 0.29) is 23.7 Å². The van der Waals surface area contributed by atoms with Crippen molar-refractivity contribution in [2.75, 3.05) is 18.5 Å². The molecule has 0 aromatic heterocycles. The van der Waals surface area contributed by atoms with Gasteiger partial charge in [-0.3, -0.25) is 9.59 Å². The maximum absolute atomic E-state index is 12.3. The molecule has 158 valence electrons. The van der Waals surface area contributed by atoms with Crippen LogP contribution in [-0.4, -0.2) is 30.7 Å². The molecule has 0 spiro atoms. The van der Waals surface area contributed by atoms with Gasteiger partial charge in [-0.1, -0.05) is 32.9 Å². The van der Waals surface area contributed by atoms with Gasteiger partial charge in [0.25, 0.3) is 5.91 Å². The van der Waals surface area contributed by atoms with E-state index in [9.17, 15) is 9.59 Å². The fourth-order valence-corrected chi connectivity index (χ4v) is 2.93. The Kier molecular flexibility index (Phi) is 6.40. The van der Waals surface area contributed by atoms with Crippen LogP contribution < -0.4 is 20.2 Å². The summed E-state index contributed by atoms with van der Waals surface area (Å²) in [7, 11) is 0. The van der Waals surface area contributed by atoms with Crippen LogP contribution in [0.4, 0.5) is 5.69 Å². The summed E-state index contributed by atoms with van der Waals surface area (Å²) in [6.07, 6.45) is 0.0533. The van der Waals surface area contributed by atoms with E-state index in [1.54, 1.807) is 37.3 Å². The van der Waals surface area contributed by atoms with Gasteiger partial charge in [0, 0.05) is 23.0 Å². The van der Waals surface area contributed by atoms with Crippen molar-refractivity contribution in [3.8, 4) is 11.5 Å². The second-order valence-electron chi connectivity index (χ2n) is 8.20. The third-order valence-corrected chi connectivity index (χ3v) is 4.60. The molecule has 2 amide bonds. The Balaban J connectivity index is 1.53. The van der Waals surface area contributed by atoms with Gasteiger partial charge in [-0.25, -0.2) is 5.43 Å². The Labute approximate surface area is 176 Å². The van der Waals surface area contributed by atoms with Crippen LogP contribution in [0.5, 0.6) is 11.5 Å². The highest BCUT2D eigenvalue weighted by Crippen LogP contribution is 2.32. The largest absolute Gasteiger partial charge is 0.486 e. The van der Waals surface area contributed by atoms with E-state index < -0.39 is 0 Å². The van der Waals surface area contributed by atoms with Gasteiger partial charge >= 0.3 is 0 Å². The number of rotatable bonds is 5. The van der Waals surface area contributed by atoms with E-state index >= 15 is 0 Å². The summed E-state index contributed by atoms with van der Waals surface area (Å²) in [4.78, 5) is 24.5. The zero-order valence-electron chi connectivity index (χ0n) is 17.7. The molecule has 0 bridgehead atoms. The number of hydrazone groups is 1. The molecule has 1 heterocycles. The molecule has 2 N–H and O–H groups in total. The molecule has 7 nitrogen and oxygen atoms in total. The molecule has 0 fully saturated rings. The number of benzene rings is 2. The minimum atomic E-state index is -0.318. The van der Waals surface area contributed by atoms with Crippen molar-refractivity contribution in [1.82, 2.24) is 5.43 Å². The molecule has 0 saturated carbocycles. The van der Waals surface area contributed by atoms with Crippen molar-refractivity contribution in [1.29, 1.82) is 0 Å². The van der Waals surface area contributed by atoms with E-state index in [4.69, 9.17) is 9.47 Å². The summed E-state index contributed by atoms with van der Waals surface area (Å²) in [5.74, 6) is 0.711. The molecule has 0 radical (unpaired) electrons. The second kappa shape index (κ2) is 8.98. The molecule has 0 aliphatic carbocycles. The molecule has 3 rings (SSSR count). The Morgan fingerprint density at radius 2 is 1.67 bits per heavy atom. The van der Waals surface area contributed by atoms with Crippen molar-refractivity contribution in [3.63, 3.8) is 0 Å². The SMILES string of the molecule is CC(CC(=O)Nc1ccc2c(c1)OCCO2)=NNC(=O)c1ccc(C(C)(C)C)cc1. The zero-order valence-corrected chi connectivity index (χ0v) is 17.7. The molecular weight excluding hydrogens is 382 g/mol. The minimum absolute atomic E-state index is 0.0221. The molecular formula is C23H27N3O4. The molecule has 0 atom stereocenters. The lowest BCUT2D eigenvalue weighted by Gasteiger charge is -2.19. The molecule has 1 aliphatic rings. The number of hydrogen-bond acceptors (Lipinski definition) is 5. The first-order valence-corrected chi connectivity index (χ1v) is 9.86. The van der Waals surface area contributed by atoms with Gasteiger partial charge in [-0.2, -0.15) is 5.10 Å². The lowest BCUT2D eigenvalue weighted by molar-refractivity contribution is -0.115. The van der Waals surface area contributed by atoms with E-state index in [0.717, 1.165) is 5.56 Å². The molecule has 30 heavy (non-hydrogen) atoms. The maximum atomic E-state index is 12.3. The fraction of sp³-hybridized carbons (Fsp3) is 0.348. The lowest BCUT2D eigenvalue weighted by atomic mass is 9.87. The lowest BCUT2D eigenvalue weighted by Crippen LogP contribution is -2.22. The number of ether oxygens (including phenoxy) is 2. The Bertz CT molecular complexity index is 959. The molecule has 0 unspecified atom stereocenters. The standard InChI is InChI=1S/C23H27N3O4/c1-15(25-26-22(28)16-5-7-17(8-6-16)23(2,3)4)13-21(27)24-18-9-10-19-20(14-18)30-12-11-29-19/h5-10,14H,11-13H2,1-4H3,(H,24,27)(H,26,28). The van der Waals surface area contributed by atoms with Crippen LogP contribution >= 0.6 is 0 Å². The van der Waals surface area contributed by atoms with Crippen molar-refractivity contribution in [2.24, 2.45) is 5.10 Å². The quantitative estimate of drug-likeness (QED) is 0.579. The van der Waals surface area contributed by atoms with Gasteiger partial charge in [0.1, 0.15) is 13.2 Å². The number of carbonyl (C=O) groups excluding carboxylic acids is 2. The predicted molar refractivity (Wildman–Crippen MR) is 116 cm³/mol. The van der Waals surface area contributed by atoms with E-state index in [2.05, 4.69) is 36.6 Å². The highest BCUT2D eigenvalue weighted by molar-refractivity contribution is 6.06. The second-order valence-corrected chi connectivity index (χ2v) is 8.20. The average Bonchev–Trinajstić information content (AvgIpc) is 2.71. The highest BCUT2D eigenvalue weighted by Gasteiger charge is 2.15. The first kappa shape index (κ1) is 21.4. The third kappa shape index (κ3) is 5.59. The summed E-state index contributed by atoms with van der Waals surface area (Å²) in [6.45, 7) is 9.03. The van der Waals surface area contributed by atoms with Crippen LogP contribution in [0.15, 0.2) is 47.6 Å². The number of nitrogens with zero attached hydrogens (tertiary/aromatic N) is 1. The summed E-state index contributed by atoms with van der Waals surface area (Å²) >= 11 is 0. The summed E-state index contributed by atoms with van der Waals surface area (Å²) in [6, 6.07) is 12.7. The van der Waals surface area contributed by atoms with E-state index in [1.807, 2.05) is 12.1 Å². The number of anilines is 1. The van der Waals surface area contributed by atoms with Crippen LogP contribution in [0.1, 0.15) is 50.0 Å². The van der Waals surface area contributed by atoms with Crippen molar-refractivity contribution in [3.05, 3.63) is 53.6 Å². The van der Waals surface area contributed by atoms with Crippen molar-refractivity contribution >= 4 is 23.2 Å². The van der Waals surface area contributed by atoms with Gasteiger partial charge in [-0.15, -0.1) is 0 Å². The topological polar surface area (TPSA) is 89.0 Å². The Hall–Kier alpha value is -3.35. The third-order valence-electron chi connectivity index (χ3n) is 4.60. The van der Waals surface area contributed by atoms with Crippen LogP contribution in [0, 0.1) is 0 Å². The first-order valence-electron chi connectivity index (χ1n) is 9.86. The molecule has 1 aliphatic heterocycles. The number of nitrogens with one attached hydrogen (secondary N) is 2. The van der Waals surface area contributed by atoms with E-state index in [0.29, 0.717) is 41.7 Å². The highest BCUT2D eigenvalue weighted by atomic mass is 16.6. The van der Waals surface area contributed by atoms with Crippen LogP contribution in [0.3, 0.4) is 0 Å². The molecule has 0 saturated heterocycles. The first-order chi connectivity index (χ1) is 14.2. The van der Waals surface area contributed by atoms with Gasteiger partial charge in [0.2, 0.25) is 5.91 Å². The van der Waals surface area contributed by atoms with Gasteiger partial charge in [0.15, 0.2) is 11.5 Å². The number of carbonyl (C=O) groups is 2. The predicted octanol–water partition coefficient (Wildman–Crippen LogP) is 3.89. The van der Waals surface area contributed by atoms with Crippen LogP contribution in [-0.2, 0) is 10.2 Å². The van der Waals surface area contributed by atoms with Crippen molar-refractivity contribution in [2.45, 2.75) is 39.5 Å². The van der Waals surface area contributed by atoms with Crippen LogP contribution in [0.2, 0.25) is 0 Å². The van der Waals surface area contributed by atoms with Gasteiger partial charge in [0.05, 0.1) is 6.42 Å². The zero-order chi connectivity index (χ0) is 21.7. The van der Waals surface area contributed by atoms with Gasteiger partial charge in [-0.05, 0) is 42.2 Å². The maximum Gasteiger partial charge on any atom is 0.271 e. The van der Waals surface area contributed by atoms with Crippen molar-refractivity contribution < 1.29 is 19.1 Å². The Morgan fingerprint density at radius 1 is 1.00 bits per heavy atom. The summed E-state index contributed by atoms with van der Waals surface area (Å²) < 4.78 is 11.0. The fourth-order valence-electron chi connectivity index (χ4n) is 2.93. The average molecular weight is 409 g/mol. The van der Waals surface area contributed by atoms with Crippen LogP contribution in [0.25, 0.3) is 0 Å². The number of amides is 2. The Morgan fingerprint density at radius 3 is 2.33 bits per heavy atom. The smallest absolute Gasteiger partial charge is 0.271 e. The summed E-state index contributed by atoms with van der Waals surface area (Å²) in [5.41, 5.74) is 5.29.